The summed E-state index contributed by atoms with van der Waals surface area (Å²) >= 11 is 0. The quantitative estimate of drug-likeness (QED) is 0.222. The molecule has 0 spiro atoms. The minimum absolute atomic E-state index is 0.0738. The molecule has 210 valence electrons. The van der Waals surface area contributed by atoms with Crippen molar-refractivity contribution in [3.8, 4) is 34.8 Å². The van der Waals surface area contributed by atoms with E-state index in [1.165, 1.54) is 31.9 Å². The Bertz CT molecular complexity index is 1590. The fourth-order valence-electron chi connectivity index (χ4n) is 4.34. The molecule has 0 amide bonds. The van der Waals surface area contributed by atoms with E-state index in [4.69, 9.17) is 14.7 Å². The van der Waals surface area contributed by atoms with Crippen LogP contribution in [0.3, 0.4) is 0 Å². The topological polar surface area (TPSA) is 162 Å². The molecule has 40 heavy (non-hydrogen) atoms. The third-order valence-electron chi connectivity index (χ3n) is 6.75. The zero-order valence-corrected chi connectivity index (χ0v) is 23.8. The van der Waals surface area contributed by atoms with Crippen molar-refractivity contribution >= 4 is 28.5 Å². The summed E-state index contributed by atoms with van der Waals surface area (Å²) in [7, 11) is -1.07. The maximum Gasteiger partial charge on any atom is 0.243 e. The van der Waals surface area contributed by atoms with Crippen molar-refractivity contribution in [1.29, 1.82) is 5.26 Å². The normalized spacial score (nSPS) is 15.2. The average molecular weight is 566 g/mol. The first-order valence-corrected chi connectivity index (χ1v) is 14.1. The number of allylic oxidation sites excluding steroid dienone is 1. The number of fused-ring (bicyclic) bond motifs is 1. The molecule has 14 heteroatoms. The summed E-state index contributed by atoms with van der Waals surface area (Å²) in [5.41, 5.74) is 2.35. The molecule has 0 saturated carbocycles. The second-order valence-electron chi connectivity index (χ2n) is 9.25. The van der Waals surface area contributed by atoms with Gasteiger partial charge in [-0.3, -0.25) is 14.0 Å². The van der Waals surface area contributed by atoms with Crippen LogP contribution in [0.25, 0.3) is 17.2 Å². The summed E-state index contributed by atoms with van der Waals surface area (Å²) < 4.78 is 44.6. The van der Waals surface area contributed by atoms with E-state index < -0.39 is 21.2 Å². The van der Waals surface area contributed by atoms with Crippen molar-refractivity contribution in [1.82, 2.24) is 24.5 Å². The monoisotopic (exact) mass is 565 g/mol. The molecule has 0 bridgehead atoms. The lowest BCUT2D eigenvalue weighted by atomic mass is 10.1. The lowest BCUT2D eigenvalue weighted by Gasteiger charge is -2.21. The van der Waals surface area contributed by atoms with Gasteiger partial charge in [-0.15, -0.1) is 10.2 Å². The zero-order valence-electron chi connectivity index (χ0n) is 23.0. The molecule has 1 aliphatic heterocycles. The highest BCUT2D eigenvalue weighted by atomic mass is 32.2. The Hall–Kier alpha value is -4.51. The number of ether oxygens (including phenoxy) is 2. The van der Waals surface area contributed by atoms with E-state index in [2.05, 4.69) is 36.7 Å². The number of sulfonamides is 1. The molecule has 0 fully saturated rings. The van der Waals surface area contributed by atoms with E-state index in [-0.39, 0.29) is 11.8 Å². The molecule has 0 saturated heterocycles. The molecule has 2 atom stereocenters. The summed E-state index contributed by atoms with van der Waals surface area (Å²) in [6.45, 7) is 9.08. The van der Waals surface area contributed by atoms with Crippen LogP contribution in [0, 0.1) is 17.2 Å². The van der Waals surface area contributed by atoms with Crippen molar-refractivity contribution in [2.45, 2.75) is 45.4 Å². The number of benzene rings is 1. The van der Waals surface area contributed by atoms with E-state index in [9.17, 15) is 8.42 Å². The Morgan fingerprint density at radius 1 is 1.25 bits per heavy atom. The van der Waals surface area contributed by atoms with Gasteiger partial charge < -0.3 is 9.47 Å². The highest BCUT2D eigenvalue weighted by Crippen LogP contribution is 2.38. The molecule has 2 aromatic heterocycles. The molecular weight excluding hydrogens is 534 g/mol. The number of methoxy groups -OCH3 is 2. The van der Waals surface area contributed by atoms with Crippen LogP contribution in [0.1, 0.15) is 32.9 Å². The summed E-state index contributed by atoms with van der Waals surface area (Å²) in [6, 6.07) is 9.10. The van der Waals surface area contributed by atoms with Crippen LogP contribution in [0.15, 0.2) is 46.0 Å². The number of nitriles is 1. The number of hydrogen-bond donors (Lipinski definition) is 1. The first-order valence-electron chi connectivity index (χ1n) is 12.5. The van der Waals surface area contributed by atoms with Crippen LogP contribution in [0.5, 0.6) is 11.5 Å². The van der Waals surface area contributed by atoms with E-state index in [1.54, 1.807) is 32.0 Å². The number of rotatable bonds is 10. The Balaban J connectivity index is 1.81. The van der Waals surface area contributed by atoms with Gasteiger partial charge in [0.2, 0.25) is 16.0 Å². The number of nitrogens with one attached hydrogen (secondary N) is 1. The minimum atomic E-state index is -4.08. The van der Waals surface area contributed by atoms with Crippen LogP contribution in [0.2, 0.25) is 0 Å². The van der Waals surface area contributed by atoms with E-state index >= 15 is 0 Å². The third kappa shape index (κ3) is 5.46. The molecule has 1 N–H and O–H groups in total. The number of anilines is 1. The Labute approximate surface area is 232 Å². The van der Waals surface area contributed by atoms with Gasteiger partial charge in [0.25, 0.3) is 0 Å². The van der Waals surface area contributed by atoms with Crippen molar-refractivity contribution in [3.63, 3.8) is 0 Å². The number of amidine groups is 1. The Kier molecular flexibility index (Phi) is 8.34. The van der Waals surface area contributed by atoms with Gasteiger partial charge in [-0.2, -0.15) is 10.4 Å². The summed E-state index contributed by atoms with van der Waals surface area (Å²) in [4.78, 5) is 8.06. The first kappa shape index (κ1) is 28.5. The van der Waals surface area contributed by atoms with Gasteiger partial charge in [0, 0.05) is 29.9 Å². The summed E-state index contributed by atoms with van der Waals surface area (Å²) in [6.07, 6.45) is 3.22. The number of aryl methyl sites for hydroxylation is 2. The zero-order chi connectivity index (χ0) is 29.0. The fourth-order valence-corrected chi connectivity index (χ4v) is 5.57. The predicted octanol–water partition coefficient (Wildman–Crippen LogP) is 3.39. The molecular formula is C26H31N9O4S. The minimum Gasteiger partial charge on any atom is -0.494 e. The van der Waals surface area contributed by atoms with Crippen LogP contribution >= 0.6 is 0 Å². The van der Waals surface area contributed by atoms with Gasteiger partial charge >= 0.3 is 0 Å². The molecule has 1 aromatic carbocycles. The maximum absolute atomic E-state index is 13.6. The van der Waals surface area contributed by atoms with Crippen LogP contribution < -0.4 is 14.2 Å². The van der Waals surface area contributed by atoms with Gasteiger partial charge in [0.15, 0.2) is 5.82 Å². The Morgan fingerprint density at radius 3 is 2.55 bits per heavy atom. The fraction of sp³-hybridized carbons (Fsp3) is 0.385. The molecule has 3 heterocycles. The van der Waals surface area contributed by atoms with E-state index in [1.807, 2.05) is 16.8 Å². The van der Waals surface area contributed by atoms with Crippen LogP contribution in [0.4, 0.5) is 5.95 Å². The number of aromatic nitrogens is 5. The standard InChI is InChI=1S/C26H31N9O4S/c1-16(14-27)15-29-24(28-4)17(2)18(3)40(36,37)33-26-31-30-25(20-13-19-9-8-12-34(19)32-20)35(26)23-21(38-5)10-7-11-22(23)39-6/h7,10-11,13,15,17-18H,4,8-9,12H2,1-3,5-6H3,(H,31,33)/b16-15+,29-24-/t17-,18-/m0/s1. The molecule has 1 aliphatic rings. The first-order chi connectivity index (χ1) is 19.1. The molecule has 13 nitrogen and oxygen atoms in total. The second kappa shape index (κ2) is 11.7. The lowest BCUT2D eigenvalue weighted by molar-refractivity contribution is 0.391. The summed E-state index contributed by atoms with van der Waals surface area (Å²) in [5.74, 6) is 0.572. The number of nitrogens with zero attached hydrogens (tertiary/aromatic N) is 8. The third-order valence-corrected chi connectivity index (χ3v) is 8.60. The smallest absolute Gasteiger partial charge is 0.243 e. The van der Waals surface area contributed by atoms with Crippen molar-refractivity contribution in [3.05, 3.63) is 41.7 Å². The molecule has 0 radical (unpaired) electrons. The summed E-state index contributed by atoms with van der Waals surface area (Å²) in [5, 5.41) is 21.2. The number of aliphatic imine (C=N–C) groups is 2. The molecule has 0 aliphatic carbocycles. The number of para-hydroxylation sites is 1. The molecule has 0 unspecified atom stereocenters. The molecule has 4 rings (SSSR count). The van der Waals surface area contributed by atoms with Crippen LogP contribution in [-0.4, -0.2) is 65.0 Å². The van der Waals surface area contributed by atoms with Gasteiger partial charge in [0.05, 0.1) is 25.5 Å². The van der Waals surface area contributed by atoms with E-state index in [0.29, 0.717) is 34.3 Å². The van der Waals surface area contributed by atoms with Crippen LogP contribution in [-0.2, 0) is 23.0 Å². The van der Waals surface area contributed by atoms with Crippen molar-refractivity contribution < 1.29 is 17.9 Å². The van der Waals surface area contributed by atoms with Gasteiger partial charge in [-0.25, -0.2) is 18.4 Å². The highest BCUT2D eigenvalue weighted by molar-refractivity contribution is 7.93. The SMILES string of the molecule is C=N/C(=N\C=C(/C)C#N)[C@@H](C)[C@H](C)S(=O)(=O)Nc1nnc(-c2cc3n(n2)CCC3)n1-c1c(OC)cccc1OC. The Morgan fingerprint density at radius 2 is 1.95 bits per heavy atom. The number of hydrogen-bond acceptors (Lipinski definition) is 9. The predicted molar refractivity (Wildman–Crippen MR) is 152 cm³/mol. The van der Waals surface area contributed by atoms with E-state index in [0.717, 1.165) is 25.1 Å². The van der Waals surface area contributed by atoms with Gasteiger partial charge in [0.1, 0.15) is 28.7 Å². The largest absolute Gasteiger partial charge is 0.494 e. The lowest BCUT2D eigenvalue weighted by Crippen LogP contribution is -2.35. The van der Waals surface area contributed by atoms with Crippen molar-refractivity contribution in [2.24, 2.45) is 15.9 Å². The maximum atomic E-state index is 13.6. The average Bonchev–Trinajstić information content (AvgIpc) is 3.67. The van der Waals surface area contributed by atoms with Gasteiger partial charge in [-0.1, -0.05) is 13.0 Å². The van der Waals surface area contributed by atoms with Gasteiger partial charge in [-0.05, 0) is 51.6 Å². The highest BCUT2D eigenvalue weighted by Gasteiger charge is 2.33. The molecule has 3 aromatic rings. The second-order valence-corrected chi connectivity index (χ2v) is 11.3. The van der Waals surface area contributed by atoms with Crippen molar-refractivity contribution in [2.75, 3.05) is 18.9 Å².